The van der Waals surface area contributed by atoms with E-state index in [9.17, 15) is 4.79 Å². The third-order valence-electron chi connectivity index (χ3n) is 2.20. The summed E-state index contributed by atoms with van der Waals surface area (Å²) in [6, 6.07) is 3.36. The Morgan fingerprint density at radius 3 is 2.68 bits per heavy atom. The van der Waals surface area contributed by atoms with E-state index in [1.54, 1.807) is 12.1 Å². The highest BCUT2D eigenvalue weighted by Gasteiger charge is 2.11. The van der Waals surface area contributed by atoms with E-state index in [-0.39, 0.29) is 0 Å². The molecule has 1 N–H and O–H groups in total. The van der Waals surface area contributed by atoms with E-state index in [1.807, 2.05) is 13.8 Å². The van der Waals surface area contributed by atoms with E-state index in [0.29, 0.717) is 35.3 Å². The summed E-state index contributed by atoms with van der Waals surface area (Å²) in [7, 11) is 0. The summed E-state index contributed by atoms with van der Waals surface area (Å²) in [6.07, 6.45) is 3.37. The Balaban J connectivity index is 3.08. The van der Waals surface area contributed by atoms with Crippen LogP contribution in [0.25, 0.3) is 6.08 Å². The molecule has 0 radical (unpaired) electrons. The SMILES string of the molecule is CCCOc1c(Cl)cc(/C=C/C(=O)O)cc1OCC. The van der Waals surface area contributed by atoms with E-state index >= 15 is 0 Å². The zero-order valence-corrected chi connectivity index (χ0v) is 11.7. The zero-order chi connectivity index (χ0) is 14.3. The quantitative estimate of drug-likeness (QED) is 0.777. The van der Waals surface area contributed by atoms with E-state index < -0.39 is 5.97 Å². The van der Waals surface area contributed by atoms with E-state index in [0.717, 1.165) is 12.5 Å². The Morgan fingerprint density at radius 2 is 2.11 bits per heavy atom. The predicted octanol–water partition coefficient (Wildman–Crippen LogP) is 3.63. The van der Waals surface area contributed by atoms with Gasteiger partial charge in [-0.05, 0) is 37.1 Å². The van der Waals surface area contributed by atoms with Gasteiger partial charge in [0.15, 0.2) is 11.5 Å². The smallest absolute Gasteiger partial charge is 0.328 e. The molecule has 104 valence electrons. The lowest BCUT2D eigenvalue weighted by molar-refractivity contribution is -0.131. The number of halogens is 1. The summed E-state index contributed by atoms with van der Waals surface area (Å²) in [4.78, 5) is 10.5. The molecule has 0 unspecified atom stereocenters. The number of hydrogen-bond acceptors (Lipinski definition) is 3. The number of benzene rings is 1. The molecule has 0 aliphatic carbocycles. The van der Waals surface area contributed by atoms with Gasteiger partial charge >= 0.3 is 5.97 Å². The molecule has 0 bridgehead atoms. The Morgan fingerprint density at radius 1 is 1.37 bits per heavy atom. The highest BCUT2D eigenvalue weighted by Crippen LogP contribution is 2.37. The summed E-state index contributed by atoms with van der Waals surface area (Å²) in [5.74, 6) is 0.00622. The first-order chi connectivity index (χ1) is 9.08. The Kier molecular flexibility index (Phi) is 6.22. The fourth-order valence-electron chi connectivity index (χ4n) is 1.46. The lowest BCUT2D eigenvalue weighted by atomic mass is 10.2. The summed E-state index contributed by atoms with van der Waals surface area (Å²) >= 11 is 6.14. The molecule has 0 aliphatic heterocycles. The van der Waals surface area contributed by atoms with Crippen LogP contribution in [0.3, 0.4) is 0 Å². The molecule has 0 amide bonds. The monoisotopic (exact) mass is 284 g/mol. The van der Waals surface area contributed by atoms with Gasteiger partial charge in [-0.25, -0.2) is 4.79 Å². The Hall–Kier alpha value is -1.68. The number of aliphatic carboxylic acids is 1. The molecule has 0 spiro atoms. The average molecular weight is 285 g/mol. The Labute approximate surface area is 117 Å². The maximum absolute atomic E-state index is 10.5. The second-order valence-corrected chi connectivity index (χ2v) is 4.19. The second-order valence-electron chi connectivity index (χ2n) is 3.78. The van der Waals surface area contributed by atoms with Crippen LogP contribution in [-0.4, -0.2) is 24.3 Å². The predicted molar refractivity (Wildman–Crippen MR) is 75.1 cm³/mol. The number of carbonyl (C=O) groups is 1. The first-order valence-corrected chi connectivity index (χ1v) is 6.46. The van der Waals surface area contributed by atoms with Crippen molar-refractivity contribution in [2.45, 2.75) is 20.3 Å². The van der Waals surface area contributed by atoms with E-state index in [4.69, 9.17) is 26.2 Å². The van der Waals surface area contributed by atoms with Crippen molar-refractivity contribution in [2.75, 3.05) is 13.2 Å². The molecule has 0 saturated carbocycles. The van der Waals surface area contributed by atoms with Gasteiger partial charge in [-0.1, -0.05) is 18.5 Å². The second kappa shape index (κ2) is 7.69. The van der Waals surface area contributed by atoms with Gasteiger partial charge in [0.05, 0.1) is 18.2 Å². The molecular formula is C14H17ClO4. The van der Waals surface area contributed by atoms with Crippen LogP contribution in [0.5, 0.6) is 11.5 Å². The zero-order valence-electron chi connectivity index (χ0n) is 11.0. The highest BCUT2D eigenvalue weighted by atomic mass is 35.5. The van der Waals surface area contributed by atoms with E-state index in [1.165, 1.54) is 6.08 Å². The van der Waals surface area contributed by atoms with Crippen molar-refractivity contribution < 1.29 is 19.4 Å². The number of carboxylic acid groups (broad SMARTS) is 1. The van der Waals surface area contributed by atoms with Crippen LogP contribution in [0.1, 0.15) is 25.8 Å². The molecule has 0 fully saturated rings. The molecule has 0 aromatic heterocycles. The van der Waals surface area contributed by atoms with Crippen LogP contribution >= 0.6 is 11.6 Å². The van der Waals surface area contributed by atoms with Gasteiger partial charge in [0.25, 0.3) is 0 Å². The maximum atomic E-state index is 10.5. The van der Waals surface area contributed by atoms with Crippen LogP contribution in [-0.2, 0) is 4.79 Å². The van der Waals surface area contributed by atoms with Crippen molar-refractivity contribution in [3.63, 3.8) is 0 Å². The third kappa shape index (κ3) is 4.83. The minimum Gasteiger partial charge on any atom is -0.490 e. The van der Waals surface area contributed by atoms with E-state index in [2.05, 4.69) is 0 Å². The maximum Gasteiger partial charge on any atom is 0.328 e. The first kappa shape index (κ1) is 15.4. The van der Waals surface area contributed by atoms with Crippen molar-refractivity contribution >= 4 is 23.6 Å². The summed E-state index contributed by atoms with van der Waals surface area (Å²) in [5.41, 5.74) is 0.652. The van der Waals surface area contributed by atoms with Crippen LogP contribution in [0.2, 0.25) is 5.02 Å². The largest absolute Gasteiger partial charge is 0.490 e. The molecule has 1 rings (SSSR count). The summed E-state index contributed by atoms with van der Waals surface area (Å²) < 4.78 is 11.0. The van der Waals surface area contributed by atoms with Crippen LogP contribution in [0, 0.1) is 0 Å². The first-order valence-electron chi connectivity index (χ1n) is 6.08. The number of carboxylic acids is 1. The summed E-state index contributed by atoms with van der Waals surface area (Å²) in [5, 5.41) is 9.02. The molecule has 5 heteroatoms. The van der Waals surface area contributed by atoms with Crippen molar-refractivity contribution in [1.82, 2.24) is 0 Å². The fraction of sp³-hybridized carbons (Fsp3) is 0.357. The molecule has 19 heavy (non-hydrogen) atoms. The fourth-order valence-corrected chi connectivity index (χ4v) is 1.73. The van der Waals surface area contributed by atoms with Gasteiger partial charge in [0.1, 0.15) is 0 Å². The van der Waals surface area contributed by atoms with Crippen molar-refractivity contribution in [3.8, 4) is 11.5 Å². The van der Waals surface area contributed by atoms with Crippen molar-refractivity contribution in [3.05, 3.63) is 28.8 Å². The number of hydrogen-bond donors (Lipinski definition) is 1. The van der Waals surface area contributed by atoms with Crippen LogP contribution < -0.4 is 9.47 Å². The van der Waals surface area contributed by atoms with Gasteiger partial charge in [-0.2, -0.15) is 0 Å². The minimum atomic E-state index is -1.01. The molecule has 1 aromatic rings. The lowest BCUT2D eigenvalue weighted by Gasteiger charge is -2.13. The lowest BCUT2D eigenvalue weighted by Crippen LogP contribution is -2.01. The van der Waals surface area contributed by atoms with Crippen molar-refractivity contribution in [1.29, 1.82) is 0 Å². The average Bonchev–Trinajstić information content (AvgIpc) is 2.36. The number of ether oxygens (including phenoxy) is 2. The molecule has 0 saturated heterocycles. The van der Waals surface area contributed by atoms with Crippen LogP contribution in [0.15, 0.2) is 18.2 Å². The van der Waals surface area contributed by atoms with Gasteiger partial charge in [0.2, 0.25) is 0 Å². The molecular weight excluding hydrogens is 268 g/mol. The molecule has 0 aliphatic rings. The summed E-state index contributed by atoms with van der Waals surface area (Å²) in [6.45, 7) is 4.88. The molecule has 4 nitrogen and oxygen atoms in total. The van der Waals surface area contributed by atoms with Gasteiger partial charge in [-0.3, -0.25) is 0 Å². The molecule has 0 heterocycles. The van der Waals surface area contributed by atoms with Gasteiger partial charge < -0.3 is 14.6 Å². The number of rotatable bonds is 7. The topological polar surface area (TPSA) is 55.8 Å². The third-order valence-corrected chi connectivity index (χ3v) is 2.48. The normalized spacial score (nSPS) is 10.7. The van der Waals surface area contributed by atoms with Gasteiger partial charge in [-0.15, -0.1) is 0 Å². The Bertz CT molecular complexity index is 469. The van der Waals surface area contributed by atoms with Gasteiger partial charge in [0, 0.05) is 6.08 Å². The molecule has 0 atom stereocenters. The standard InChI is InChI=1S/C14H17ClO4/c1-3-7-19-14-11(15)8-10(5-6-13(16)17)9-12(14)18-4-2/h5-6,8-9H,3-4,7H2,1-2H3,(H,16,17)/b6-5+. The molecule has 1 aromatic carbocycles. The van der Waals surface area contributed by atoms with Crippen LogP contribution in [0.4, 0.5) is 0 Å². The van der Waals surface area contributed by atoms with Crippen molar-refractivity contribution in [2.24, 2.45) is 0 Å². The minimum absolute atomic E-state index is 0.407. The highest BCUT2D eigenvalue weighted by molar-refractivity contribution is 6.32.